The zero-order valence-corrected chi connectivity index (χ0v) is 16.3. The first-order valence-corrected chi connectivity index (χ1v) is 9.63. The first kappa shape index (κ1) is 18.9. The van der Waals surface area contributed by atoms with E-state index in [-0.39, 0.29) is 24.3 Å². The molecule has 1 atom stereocenters. The van der Waals surface area contributed by atoms with Gasteiger partial charge >= 0.3 is 0 Å². The Bertz CT molecular complexity index is 1080. The van der Waals surface area contributed by atoms with E-state index in [9.17, 15) is 9.59 Å². The van der Waals surface area contributed by atoms with Gasteiger partial charge in [-0.3, -0.25) is 9.59 Å². The molecule has 2 N–H and O–H groups in total. The molecule has 0 radical (unpaired) electrons. The van der Waals surface area contributed by atoms with Gasteiger partial charge in [-0.2, -0.15) is 0 Å². The van der Waals surface area contributed by atoms with Crippen LogP contribution in [0.4, 0.5) is 5.69 Å². The van der Waals surface area contributed by atoms with Gasteiger partial charge in [0.2, 0.25) is 5.91 Å². The average Bonchev–Trinajstić information content (AvgIpc) is 3.09. The van der Waals surface area contributed by atoms with Gasteiger partial charge in [-0.15, -0.1) is 0 Å². The van der Waals surface area contributed by atoms with Gasteiger partial charge in [-0.25, -0.2) is 0 Å². The van der Waals surface area contributed by atoms with E-state index in [0.29, 0.717) is 22.5 Å². The molecule has 1 aliphatic heterocycles. The minimum absolute atomic E-state index is 0.0368. The van der Waals surface area contributed by atoms with Crippen molar-refractivity contribution in [3.05, 3.63) is 83.1 Å². The third-order valence-electron chi connectivity index (χ3n) is 4.65. The molecule has 6 nitrogen and oxygen atoms in total. The highest BCUT2D eigenvalue weighted by Crippen LogP contribution is 2.27. The van der Waals surface area contributed by atoms with Crippen molar-refractivity contribution in [1.29, 1.82) is 0 Å². The van der Waals surface area contributed by atoms with Gasteiger partial charge in [0.1, 0.15) is 16.1 Å². The second kappa shape index (κ2) is 8.28. The van der Waals surface area contributed by atoms with Crippen LogP contribution >= 0.6 is 12.2 Å². The van der Waals surface area contributed by atoms with Crippen molar-refractivity contribution in [3.63, 3.8) is 0 Å². The number of carbonyl (C=O) groups excluding carboxylic acids is 2. The second-order valence-electron chi connectivity index (χ2n) is 6.70. The molecule has 3 aromatic rings. The molecule has 1 aromatic heterocycles. The number of amides is 2. The average molecular weight is 405 g/mol. The number of aromatic amines is 1. The predicted molar refractivity (Wildman–Crippen MR) is 113 cm³/mol. The number of carbonyl (C=O) groups is 2. The van der Waals surface area contributed by atoms with Crippen LogP contribution in [0.15, 0.2) is 72.9 Å². The normalized spacial score (nSPS) is 15.9. The topological polar surface area (TPSA) is 74.4 Å². The molecule has 0 aliphatic carbocycles. The van der Waals surface area contributed by atoms with Gasteiger partial charge in [0.15, 0.2) is 0 Å². The SMILES string of the molecule is O=C(NC1CC(=O)N(c2ccc(Oc3ccccc3)cc2)C1)c1ccc[nH]c1=S. The van der Waals surface area contributed by atoms with E-state index in [4.69, 9.17) is 17.0 Å². The molecule has 2 aromatic carbocycles. The lowest BCUT2D eigenvalue weighted by Crippen LogP contribution is -2.37. The smallest absolute Gasteiger partial charge is 0.254 e. The number of ether oxygens (including phenoxy) is 1. The standard InChI is InChI=1S/C22H19N3O3S/c26-20-13-15(24-21(27)19-7-4-12-23-22(19)29)14-25(20)16-8-10-18(11-9-16)28-17-5-2-1-3-6-17/h1-12,15H,13-14H2,(H,23,29)(H,24,27). The highest BCUT2D eigenvalue weighted by Gasteiger charge is 2.31. The van der Waals surface area contributed by atoms with Crippen LogP contribution in [0, 0.1) is 4.64 Å². The van der Waals surface area contributed by atoms with Crippen LogP contribution in [0.3, 0.4) is 0 Å². The van der Waals surface area contributed by atoms with Crippen molar-refractivity contribution in [2.75, 3.05) is 11.4 Å². The number of nitrogens with zero attached hydrogens (tertiary/aromatic N) is 1. The fraction of sp³-hybridized carbons (Fsp3) is 0.136. The number of H-pyrrole nitrogens is 1. The lowest BCUT2D eigenvalue weighted by atomic mass is 10.2. The van der Waals surface area contributed by atoms with Gasteiger partial charge < -0.3 is 19.9 Å². The molecule has 0 spiro atoms. The van der Waals surface area contributed by atoms with Crippen LogP contribution in [-0.2, 0) is 4.79 Å². The molecule has 0 saturated carbocycles. The van der Waals surface area contributed by atoms with E-state index in [1.807, 2.05) is 54.6 Å². The molecular formula is C22H19N3O3S. The largest absolute Gasteiger partial charge is 0.457 e. The predicted octanol–water partition coefficient (Wildman–Crippen LogP) is 4.07. The number of pyridine rings is 1. The summed E-state index contributed by atoms with van der Waals surface area (Å²) in [7, 11) is 0. The summed E-state index contributed by atoms with van der Waals surface area (Å²) < 4.78 is 6.16. The van der Waals surface area contributed by atoms with Crippen molar-refractivity contribution in [3.8, 4) is 11.5 Å². The van der Waals surface area contributed by atoms with Crippen molar-refractivity contribution in [1.82, 2.24) is 10.3 Å². The molecule has 29 heavy (non-hydrogen) atoms. The quantitative estimate of drug-likeness (QED) is 0.628. The Morgan fingerprint density at radius 3 is 2.48 bits per heavy atom. The van der Waals surface area contributed by atoms with Gasteiger partial charge in [0.05, 0.1) is 11.6 Å². The summed E-state index contributed by atoms with van der Waals surface area (Å²) in [6.07, 6.45) is 1.92. The molecule has 4 rings (SSSR count). The third kappa shape index (κ3) is 4.35. The number of hydrogen-bond donors (Lipinski definition) is 2. The monoisotopic (exact) mass is 405 g/mol. The fourth-order valence-electron chi connectivity index (χ4n) is 3.24. The zero-order chi connectivity index (χ0) is 20.2. The summed E-state index contributed by atoms with van der Waals surface area (Å²) in [5.74, 6) is 1.12. The molecule has 2 amide bonds. The van der Waals surface area contributed by atoms with Crippen LogP contribution < -0.4 is 15.0 Å². The zero-order valence-electron chi connectivity index (χ0n) is 15.5. The van der Waals surface area contributed by atoms with Crippen molar-refractivity contribution >= 4 is 29.7 Å². The Balaban J connectivity index is 1.41. The summed E-state index contributed by atoms with van der Waals surface area (Å²) in [6.45, 7) is 0.409. The van der Waals surface area contributed by atoms with E-state index < -0.39 is 0 Å². The number of nitrogens with one attached hydrogen (secondary N) is 2. The Hall–Kier alpha value is -3.45. The number of aromatic nitrogens is 1. The molecule has 1 unspecified atom stereocenters. The third-order valence-corrected chi connectivity index (χ3v) is 4.99. The number of anilines is 1. The minimum atomic E-state index is -0.280. The lowest BCUT2D eigenvalue weighted by molar-refractivity contribution is -0.117. The molecule has 7 heteroatoms. The van der Waals surface area contributed by atoms with Crippen LogP contribution in [0.25, 0.3) is 0 Å². The Morgan fingerprint density at radius 2 is 1.76 bits per heavy atom. The van der Waals surface area contributed by atoms with E-state index >= 15 is 0 Å². The number of para-hydroxylation sites is 1. The van der Waals surface area contributed by atoms with Crippen molar-refractivity contribution in [2.24, 2.45) is 0 Å². The Labute approximate surface area is 173 Å². The number of rotatable bonds is 5. The van der Waals surface area contributed by atoms with Gasteiger partial charge in [-0.05, 0) is 48.5 Å². The second-order valence-corrected chi connectivity index (χ2v) is 7.11. The Kier molecular flexibility index (Phi) is 5.39. The summed E-state index contributed by atoms with van der Waals surface area (Å²) >= 11 is 5.15. The molecule has 1 aliphatic rings. The molecule has 1 saturated heterocycles. The molecule has 146 valence electrons. The number of benzene rings is 2. The Morgan fingerprint density at radius 1 is 1.03 bits per heavy atom. The lowest BCUT2D eigenvalue weighted by Gasteiger charge is -2.18. The van der Waals surface area contributed by atoms with Crippen molar-refractivity contribution < 1.29 is 14.3 Å². The van der Waals surface area contributed by atoms with Crippen LogP contribution in [-0.4, -0.2) is 29.4 Å². The molecule has 1 fully saturated rings. The van der Waals surface area contributed by atoms with E-state index in [1.54, 1.807) is 23.2 Å². The minimum Gasteiger partial charge on any atom is -0.457 e. The van der Waals surface area contributed by atoms with Gasteiger partial charge in [0.25, 0.3) is 5.91 Å². The fourth-order valence-corrected chi connectivity index (χ4v) is 3.46. The van der Waals surface area contributed by atoms with Gasteiger partial charge in [0, 0.05) is 24.8 Å². The first-order valence-electron chi connectivity index (χ1n) is 9.22. The molecular weight excluding hydrogens is 386 g/mol. The summed E-state index contributed by atoms with van der Waals surface area (Å²) in [6, 6.07) is 19.9. The highest BCUT2D eigenvalue weighted by atomic mass is 32.1. The number of hydrogen-bond acceptors (Lipinski definition) is 4. The maximum Gasteiger partial charge on any atom is 0.254 e. The maximum atomic E-state index is 12.5. The first-order chi connectivity index (χ1) is 14.1. The summed E-state index contributed by atoms with van der Waals surface area (Å²) in [5, 5.41) is 2.90. The molecule has 2 heterocycles. The highest BCUT2D eigenvalue weighted by molar-refractivity contribution is 7.71. The van der Waals surface area contributed by atoms with E-state index in [0.717, 1.165) is 11.4 Å². The summed E-state index contributed by atoms with van der Waals surface area (Å²) in [5.41, 5.74) is 1.17. The van der Waals surface area contributed by atoms with Gasteiger partial charge in [-0.1, -0.05) is 30.4 Å². The van der Waals surface area contributed by atoms with E-state index in [2.05, 4.69) is 10.3 Å². The van der Waals surface area contributed by atoms with Crippen LogP contribution in [0.5, 0.6) is 11.5 Å². The molecule has 0 bridgehead atoms. The maximum absolute atomic E-state index is 12.5. The van der Waals surface area contributed by atoms with Crippen molar-refractivity contribution in [2.45, 2.75) is 12.5 Å². The van der Waals surface area contributed by atoms with E-state index in [1.165, 1.54) is 0 Å². The van der Waals surface area contributed by atoms with Crippen LogP contribution in [0.1, 0.15) is 16.8 Å². The van der Waals surface area contributed by atoms with Crippen LogP contribution in [0.2, 0.25) is 0 Å². The summed E-state index contributed by atoms with van der Waals surface area (Å²) in [4.78, 5) is 29.4.